The lowest BCUT2D eigenvalue weighted by Crippen LogP contribution is -2.04. The molecule has 0 aromatic heterocycles. The van der Waals surface area contributed by atoms with Crippen LogP contribution in [0.5, 0.6) is 11.5 Å². The molecule has 0 radical (unpaired) electrons. The number of carboxylic acid groups (broad SMARTS) is 1. The zero-order chi connectivity index (χ0) is 12.7. The van der Waals surface area contributed by atoms with Crippen LogP contribution in [-0.2, 0) is 0 Å². The molecule has 90 valence electrons. The Morgan fingerprint density at radius 1 is 1.24 bits per heavy atom. The molecule has 1 aromatic rings. The Morgan fingerprint density at radius 3 is 2.47 bits per heavy atom. The Morgan fingerprint density at radius 2 is 1.88 bits per heavy atom. The van der Waals surface area contributed by atoms with Crippen molar-refractivity contribution in [2.75, 3.05) is 13.2 Å². The molecule has 17 heavy (non-hydrogen) atoms. The minimum atomic E-state index is -1.04. The maximum atomic E-state index is 10.9. The lowest BCUT2D eigenvalue weighted by molar-refractivity contribution is 0.0692. The van der Waals surface area contributed by atoms with Crippen molar-refractivity contribution in [3.63, 3.8) is 0 Å². The molecule has 1 N–H and O–H groups in total. The normalized spacial score (nSPS) is 9.41. The molecule has 0 aliphatic rings. The first-order valence-corrected chi connectivity index (χ1v) is 5.03. The van der Waals surface area contributed by atoms with Gasteiger partial charge in [-0.25, -0.2) is 4.79 Å². The minimum Gasteiger partial charge on any atom is -0.489 e. The van der Waals surface area contributed by atoms with Gasteiger partial charge in [-0.2, -0.15) is 0 Å². The van der Waals surface area contributed by atoms with Gasteiger partial charge in [-0.3, -0.25) is 0 Å². The monoisotopic (exact) mass is 234 g/mol. The number of carbonyl (C=O) groups is 1. The van der Waals surface area contributed by atoms with Crippen molar-refractivity contribution in [3.05, 3.63) is 49.1 Å². The maximum Gasteiger partial charge on any atom is 0.339 e. The van der Waals surface area contributed by atoms with Crippen LogP contribution < -0.4 is 9.47 Å². The van der Waals surface area contributed by atoms with Crippen LogP contribution in [0.1, 0.15) is 10.4 Å². The summed E-state index contributed by atoms with van der Waals surface area (Å²) in [4.78, 5) is 10.9. The highest BCUT2D eigenvalue weighted by Crippen LogP contribution is 2.25. The van der Waals surface area contributed by atoms with Gasteiger partial charge in [0.25, 0.3) is 0 Å². The van der Waals surface area contributed by atoms with E-state index in [4.69, 9.17) is 14.6 Å². The Bertz CT molecular complexity index is 423. The van der Waals surface area contributed by atoms with E-state index in [1.54, 1.807) is 18.2 Å². The van der Waals surface area contributed by atoms with Crippen molar-refractivity contribution in [3.8, 4) is 11.5 Å². The van der Waals surface area contributed by atoms with Gasteiger partial charge in [0.15, 0.2) is 0 Å². The van der Waals surface area contributed by atoms with Crippen LogP contribution in [-0.4, -0.2) is 24.3 Å². The van der Waals surface area contributed by atoms with E-state index < -0.39 is 5.97 Å². The first-order valence-electron chi connectivity index (χ1n) is 5.03. The maximum absolute atomic E-state index is 10.9. The average Bonchev–Trinajstić information content (AvgIpc) is 2.33. The van der Waals surface area contributed by atoms with Crippen LogP contribution in [0.3, 0.4) is 0 Å². The average molecular weight is 234 g/mol. The van der Waals surface area contributed by atoms with Crippen LogP contribution in [0.2, 0.25) is 0 Å². The lowest BCUT2D eigenvalue weighted by atomic mass is 10.2. The van der Waals surface area contributed by atoms with Crippen molar-refractivity contribution in [1.82, 2.24) is 0 Å². The summed E-state index contributed by atoms with van der Waals surface area (Å²) in [6.45, 7) is 7.63. The van der Waals surface area contributed by atoms with Gasteiger partial charge < -0.3 is 14.6 Å². The van der Waals surface area contributed by atoms with E-state index in [0.29, 0.717) is 12.4 Å². The highest BCUT2D eigenvalue weighted by atomic mass is 16.5. The van der Waals surface area contributed by atoms with Gasteiger partial charge in [0.2, 0.25) is 0 Å². The first kappa shape index (κ1) is 12.8. The molecule has 4 nitrogen and oxygen atoms in total. The topological polar surface area (TPSA) is 55.8 Å². The second kappa shape index (κ2) is 6.37. The van der Waals surface area contributed by atoms with Crippen LogP contribution >= 0.6 is 0 Å². The van der Waals surface area contributed by atoms with Crippen molar-refractivity contribution < 1.29 is 19.4 Å². The lowest BCUT2D eigenvalue weighted by Gasteiger charge is -2.10. The molecule has 0 spiro atoms. The van der Waals surface area contributed by atoms with Gasteiger partial charge in [0.05, 0.1) is 0 Å². The van der Waals surface area contributed by atoms with Crippen LogP contribution in [0.15, 0.2) is 43.5 Å². The van der Waals surface area contributed by atoms with Gasteiger partial charge >= 0.3 is 5.97 Å². The third-order valence-corrected chi connectivity index (χ3v) is 1.91. The SMILES string of the molecule is C=CCOc1ccc(C(=O)O)c(OCC=C)c1. The van der Waals surface area contributed by atoms with Gasteiger partial charge in [-0.1, -0.05) is 25.3 Å². The van der Waals surface area contributed by atoms with Crippen molar-refractivity contribution in [1.29, 1.82) is 0 Å². The third kappa shape index (κ3) is 3.68. The zero-order valence-electron chi connectivity index (χ0n) is 9.39. The summed E-state index contributed by atoms with van der Waals surface area (Å²) in [6, 6.07) is 4.56. The molecule has 1 aromatic carbocycles. The molecule has 0 saturated heterocycles. The molecular weight excluding hydrogens is 220 g/mol. The summed E-state index contributed by atoms with van der Waals surface area (Å²) >= 11 is 0. The molecule has 1 rings (SSSR count). The van der Waals surface area contributed by atoms with Gasteiger partial charge in [-0.05, 0) is 12.1 Å². The second-order valence-corrected chi connectivity index (χ2v) is 3.16. The van der Waals surface area contributed by atoms with Crippen molar-refractivity contribution in [2.24, 2.45) is 0 Å². The van der Waals surface area contributed by atoms with Gasteiger partial charge in [0, 0.05) is 6.07 Å². The van der Waals surface area contributed by atoms with E-state index >= 15 is 0 Å². The molecule has 0 bridgehead atoms. The zero-order valence-corrected chi connectivity index (χ0v) is 9.39. The van der Waals surface area contributed by atoms with E-state index in [1.165, 1.54) is 12.1 Å². The molecular formula is C13H14O4. The number of carboxylic acids is 1. The van der Waals surface area contributed by atoms with E-state index in [-0.39, 0.29) is 17.9 Å². The summed E-state index contributed by atoms with van der Waals surface area (Å²) in [7, 11) is 0. The Balaban J connectivity index is 2.95. The van der Waals surface area contributed by atoms with E-state index in [9.17, 15) is 4.79 Å². The van der Waals surface area contributed by atoms with Gasteiger partial charge in [-0.15, -0.1) is 0 Å². The predicted octanol–water partition coefficient (Wildman–Crippen LogP) is 2.51. The predicted molar refractivity (Wildman–Crippen MR) is 64.8 cm³/mol. The molecule has 0 heterocycles. The van der Waals surface area contributed by atoms with E-state index in [0.717, 1.165) is 0 Å². The molecule has 0 aliphatic carbocycles. The van der Waals surface area contributed by atoms with Crippen molar-refractivity contribution >= 4 is 5.97 Å². The number of hydrogen-bond acceptors (Lipinski definition) is 3. The Kier molecular flexibility index (Phi) is 4.81. The van der Waals surface area contributed by atoms with Crippen LogP contribution in [0, 0.1) is 0 Å². The summed E-state index contributed by atoms with van der Waals surface area (Å²) < 4.78 is 10.6. The Labute approximate surface area is 99.8 Å². The summed E-state index contributed by atoms with van der Waals surface area (Å²) in [5.74, 6) is -0.243. The highest BCUT2D eigenvalue weighted by molar-refractivity contribution is 5.91. The second-order valence-electron chi connectivity index (χ2n) is 3.16. The molecule has 0 unspecified atom stereocenters. The number of benzene rings is 1. The minimum absolute atomic E-state index is 0.0952. The molecule has 4 heteroatoms. The molecule has 0 saturated carbocycles. The smallest absolute Gasteiger partial charge is 0.339 e. The Hall–Kier alpha value is -2.23. The van der Waals surface area contributed by atoms with Crippen LogP contribution in [0.4, 0.5) is 0 Å². The van der Waals surface area contributed by atoms with Crippen molar-refractivity contribution in [2.45, 2.75) is 0 Å². The summed E-state index contributed by atoms with van der Waals surface area (Å²) in [5.41, 5.74) is 0.0952. The third-order valence-electron chi connectivity index (χ3n) is 1.91. The fraction of sp³-hybridized carbons (Fsp3) is 0.154. The van der Waals surface area contributed by atoms with E-state index in [2.05, 4.69) is 13.2 Å². The van der Waals surface area contributed by atoms with Crippen LogP contribution in [0.25, 0.3) is 0 Å². The standard InChI is InChI=1S/C13H14O4/c1-3-7-16-10-5-6-11(13(14)15)12(9-10)17-8-4-2/h3-6,9H,1-2,7-8H2,(H,14,15). The number of aromatic carboxylic acids is 1. The number of hydrogen-bond donors (Lipinski definition) is 1. The highest BCUT2D eigenvalue weighted by Gasteiger charge is 2.12. The molecule has 0 aliphatic heterocycles. The molecule has 0 amide bonds. The van der Waals surface area contributed by atoms with Gasteiger partial charge in [0.1, 0.15) is 30.3 Å². The molecule has 0 fully saturated rings. The fourth-order valence-electron chi connectivity index (χ4n) is 1.19. The quantitative estimate of drug-likeness (QED) is 0.736. The summed E-state index contributed by atoms with van der Waals surface area (Å²) in [5, 5.41) is 8.97. The largest absolute Gasteiger partial charge is 0.489 e. The first-order chi connectivity index (χ1) is 8.19. The van der Waals surface area contributed by atoms with E-state index in [1.807, 2.05) is 0 Å². The number of ether oxygens (including phenoxy) is 2. The molecule has 0 atom stereocenters. The number of rotatable bonds is 7. The fourth-order valence-corrected chi connectivity index (χ4v) is 1.19. The summed E-state index contributed by atoms with van der Waals surface area (Å²) in [6.07, 6.45) is 3.15.